The number of nitriles is 1. The molecule has 9 heteroatoms. The molecule has 0 atom stereocenters. The molecule has 0 radical (unpaired) electrons. The van der Waals surface area contributed by atoms with E-state index in [1.807, 2.05) is 6.07 Å². The summed E-state index contributed by atoms with van der Waals surface area (Å²) in [6, 6.07) is 11.1. The van der Waals surface area contributed by atoms with Crippen molar-refractivity contribution < 1.29 is 14.5 Å². The van der Waals surface area contributed by atoms with E-state index in [0.717, 1.165) is 25.7 Å². The molecule has 1 saturated carbocycles. The number of ether oxygens (including phenoxy) is 1. The highest BCUT2D eigenvalue weighted by atomic mass is 35.5. The Morgan fingerprint density at radius 2 is 1.84 bits per heavy atom. The third-order valence-corrected chi connectivity index (χ3v) is 5.48. The monoisotopic (exact) mass is 459 g/mol. The summed E-state index contributed by atoms with van der Waals surface area (Å²) < 4.78 is 5.68. The quantitative estimate of drug-likeness (QED) is 0.256. The van der Waals surface area contributed by atoms with Crippen LogP contribution in [-0.4, -0.2) is 16.9 Å². The molecule has 1 aliphatic carbocycles. The van der Waals surface area contributed by atoms with Gasteiger partial charge in [0.1, 0.15) is 18.2 Å². The maximum Gasteiger partial charge on any atom is 0.269 e. The molecular formula is C22H19Cl2N3O4. The van der Waals surface area contributed by atoms with Gasteiger partial charge in [0.25, 0.3) is 11.6 Å². The zero-order valence-corrected chi connectivity index (χ0v) is 17.9. The van der Waals surface area contributed by atoms with Gasteiger partial charge in [-0.15, -0.1) is 0 Å². The second-order valence-corrected chi connectivity index (χ2v) is 7.96. The van der Waals surface area contributed by atoms with Crippen LogP contribution < -0.4 is 10.1 Å². The highest BCUT2D eigenvalue weighted by Crippen LogP contribution is 2.35. The molecule has 1 aliphatic rings. The molecule has 1 N–H and O–H groups in total. The first kappa shape index (κ1) is 22.6. The first-order valence-corrected chi connectivity index (χ1v) is 10.4. The van der Waals surface area contributed by atoms with Gasteiger partial charge in [0, 0.05) is 18.2 Å². The second kappa shape index (κ2) is 10.3. The molecule has 2 aromatic rings. The lowest BCUT2D eigenvalue weighted by Crippen LogP contribution is -2.33. The molecule has 3 rings (SSSR count). The minimum absolute atomic E-state index is 0.0128. The number of hydrogen-bond acceptors (Lipinski definition) is 5. The van der Waals surface area contributed by atoms with Crippen molar-refractivity contribution in [2.45, 2.75) is 38.3 Å². The Morgan fingerprint density at radius 3 is 2.39 bits per heavy atom. The van der Waals surface area contributed by atoms with Gasteiger partial charge >= 0.3 is 0 Å². The minimum Gasteiger partial charge on any atom is -0.486 e. The van der Waals surface area contributed by atoms with Gasteiger partial charge in [-0.2, -0.15) is 5.26 Å². The maximum atomic E-state index is 12.4. The fraction of sp³-hybridized carbons (Fsp3) is 0.273. The summed E-state index contributed by atoms with van der Waals surface area (Å²) in [5.41, 5.74) is 1.16. The largest absolute Gasteiger partial charge is 0.486 e. The fourth-order valence-corrected chi connectivity index (χ4v) is 3.93. The smallest absolute Gasteiger partial charge is 0.269 e. The van der Waals surface area contributed by atoms with Crippen LogP contribution in [0.4, 0.5) is 5.69 Å². The van der Waals surface area contributed by atoms with Crippen LogP contribution in [-0.2, 0) is 11.4 Å². The van der Waals surface area contributed by atoms with Crippen molar-refractivity contribution in [2.24, 2.45) is 0 Å². The molecule has 0 aliphatic heterocycles. The molecule has 1 amide bonds. The van der Waals surface area contributed by atoms with Crippen LogP contribution in [0.25, 0.3) is 6.08 Å². The van der Waals surface area contributed by atoms with Crippen molar-refractivity contribution in [1.29, 1.82) is 5.26 Å². The number of carbonyl (C=O) groups excluding carboxylic acids is 1. The van der Waals surface area contributed by atoms with E-state index in [0.29, 0.717) is 11.1 Å². The topological polar surface area (TPSA) is 105 Å². The molecule has 0 unspecified atom stereocenters. The number of nitro benzene ring substituents is 1. The average Bonchev–Trinajstić information content (AvgIpc) is 3.24. The van der Waals surface area contributed by atoms with Gasteiger partial charge in [0.15, 0.2) is 5.75 Å². The highest BCUT2D eigenvalue weighted by Gasteiger charge is 2.19. The van der Waals surface area contributed by atoms with Crippen LogP contribution >= 0.6 is 23.2 Å². The number of amides is 1. The van der Waals surface area contributed by atoms with Crippen molar-refractivity contribution in [3.8, 4) is 11.8 Å². The van der Waals surface area contributed by atoms with Gasteiger partial charge < -0.3 is 10.1 Å². The lowest BCUT2D eigenvalue weighted by Gasteiger charge is -2.12. The molecule has 0 aromatic heterocycles. The highest BCUT2D eigenvalue weighted by molar-refractivity contribution is 6.37. The Morgan fingerprint density at radius 1 is 1.23 bits per heavy atom. The summed E-state index contributed by atoms with van der Waals surface area (Å²) >= 11 is 12.6. The molecule has 160 valence electrons. The van der Waals surface area contributed by atoms with E-state index in [9.17, 15) is 20.2 Å². The van der Waals surface area contributed by atoms with Crippen LogP contribution in [0.1, 0.15) is 36.8 Å². The third-order valence-electron chi connectivity index (χ3n) is 4.92. The van der Waals surface area contributed by atoms with Crippen LogP contribution in [0.3, 0.4) is 0 Å². The predicted molar refractivity (Wildman–Crippen MR) is 118 cm³/mol. The van der Waals surface area contributed by atoms with Gasteiger partial charge in [0.05, 0.1) is 15.0 Å². The van der Waals surface area contributed by atoms with Crippen LogP contribution in [0.15, 0.2) is 42.0 Å². The van der Waals surface area contributed by atoms with Crippen molar-refractivity contribution in [3.05, 3.63) is 73.3 Å². The van der Waals surface area contributed by atoms with Crippen molar-refractivity contribution in [2.75, 3.05) is 0 Å². The van der Waals surface area contributed by atoms with E-state index in [1.54, 1.807) is 24.3 Å². The molecule has 0 heterocycles. The van der Waals surface area contributed by atoms with Gasteiger partial charge in [-0.3, -0.25) is 14.9 Å². The summed E-state index contributed by atoms with van der Waals surface area (Å²) in [4.78, 5) is 22.6. The molecule has 2 aromatic carbocycles. The van der Waals surface area contributed by atoms with E-state index in [-0.39, 0.29) is 39.7 Å². The van der Waals surface area contributed by atoms with Crippen LogP contribution in [0.5, 0.6) is 5.75 Å². The zero-order valence-electron chi connectivity index (χ0n) is 16.4. The van der Waals surface area contributed by atoms with Gasteiger partial charge in [-0.1, -0.05) is 36.0 Å². The van der Waals surface area contributed by atoms with E-state index in [4.69, 9.17) is 27.9 Å². The van der Waals surface area contributed by atoms with Crippen LogP contribution in [0, 0.1) is 21.4 Å². The normalized spacial score (nSPS) is 14.2. The van der Waals surface area contributed by atoms with Gasteiger partial charge in [0.2, 0.25) is 0 Å². The van der Waals surface area contributed by atoms with Crippen LogP contribution in [0.2, 0.25) is 10.0 Å². The number of nitrogens with zero attached hydrogens (tertiary/aromatic N) is 2. The fourth-order valence-electron chi connectivity index (χ4n) is 3.32. The molecule has 7 nitrogen and oxygen atoms in total. The van der Waals surface area contributed by atoms with Gasteiger partial charge in [-0.25, -0.2) is 0 Å². The van der Waals surface area contributed by atoms with E-state index >= 15 is 0 Å². The SMILES string of the molecule is N#C/C(=C/c1cc(Cl)c(OCc2ccc([N+](=O)[O-])cc2)c(Cl)c1)C(=O)NC1CCCC1. The first-order valence-electron chi connectivity index (χ1n) is 9.65. The summed E-state index contributed by atoms with van der Waals surface area (Å²) in [6.45, 7) is 0.111. The molecule has 0 bridgehead atoms. The first-order chi connectivity index (χ1) is 14.9. The molecule has 31 heavy (non-hydrogen) atoms. The number of halogens is 2. The third kappa shape index (κ3) is 5.97. The van der Waals surface area contributed by atoms with E-state index < -0.39 is 10.8 Å². The number of rotatable bonds is 7. The standard InChI is InChI=1S/C22H19Cl2N3O4/c23-19-10-15(9-16(12-25)22(28)26-17-3-1-2-4-17)11-20(24)21(19)31-13-14-5-7-18(8-6-14)27(29)30/h5-11,17H,1-4,13H2,(H,26,28)/b16-9-. The van der Waals surface area contributed by atoms with E-state index in [2.05, 4.69) is 5.32 Å². The summed E-state index contributed by atoms with van der Waals surface area (Å²) in [7, 11) is 0. The zero-order chi connectivity index (χ0) is 22.4. The number of hydrogen-bond donors (Lipinski definition) is 1. The Hall–Kier alpha value is -3.08. The summed E-state index contributed by atoms with van der Waals surface area (Å²) in [5.74, 6) is -0.173. The lowest BCUT2D eigenvalue weighted by molar-refractivity contribution is -0.384. The Bertz CT molecular complexity index is 1030. The molecular weight excluding hydrogens is 441 g/mol. The Labute approximate surface area is 189 Å². The molecule has 0 spiro atoms. The minimum atomic E-state index is -0.478. The van der Waals surface area contributed by atoms with Gasteiger partial charge in [-0.05, 0) is 54.3 Å². The molecule has 1 fully saturated rings. The number of non-ortho nitro benzene ring substituents is 1. The lowest BCUT2D eigenvalue weighted by atomic mass is 10.1. The van der Waals surface area contributed by atoms with Crippen molar-refractivity contribution >= 4 is 40.9 Å². The number of carbonyl (C=O) groups is 1. The maximum absolute atomic E-state index is 12.4. The Balaban J connectivity index is 1.71. The van der Waals surface area contributed by atoms with E-state index in [1.165, 1.54) is 18.2 Å². The van der Waals surface area contributed by atoms with Crippen molar-refractivity contribution in [1.82, 2.24) is 5.32 Å². The molecule has 0 saturated heterocycles. The second-order valence-electron chi connectivity index (χ2n) is 7.15. The van der Waals surface area contributed by atoms with Crippen molar-refractivity contribution in [3.63, 3.8) is 0 Å². The summed E-state index contributed by atoms with van der Waals surface area (Å²) in [5, 5.41) is 23.4. The predicted octanol–water partition coefficient (Wildman–Crippen LogP) is 5.45. The number of benzene rings is 2. The Kier molecular flexibility index (Phi) is 7.50. The summed E-state index contributed by atoms with van der Waals surface area (Å²) in [6.07, 6.45) is 5.42. The average molecular weight is 460 g/mol. The number of nitro groups is 1. The number of nitrogens with one attached hydrogen (secondary N) is 1.